The molecule has 1 aliphatic carbocycles. The van der Waals surface area contributed by atoms with Crippen molar-refractivity contribution in [2.24, 2.45) is 0 Å². The molecule has 0 bridgehead atoms. The van der Waals surface area contributed by atoms with Gasteiger partial charge in [-0.3, -0.25) is 0 Å². The van der Waals surface area contributed by atoms with E-state index in [4.69, 9.17) is 9.84 Å². The largest absolute Gasteiger partial charge is 0.446 e. The summed E-state index contributed by atoms with van der Waals surface area (Å²) >= 11 is 1.42. The van der Waals surface area contributed by atoms with E-state index in [1.54, 1.807) is 0 Å². The van der Waals surface area contributed by atoms with E-state index in [2.05, 4.69) is 41.8 Å². The predicted molar refractivity (Wildman–Crippen MR) is 108 cm³/mol. The van der Waals surface area contributed by atoms with Crippen molar-refractivity contribution >= 4 is 29.3 Å². The second-order valence-corrected chi connectivity index (χ2v) is 9.05. The van der Waals surface area contributed by atoms with Crippen LogP contribution in [0.25, 0.3) is 0 Å². The van der Waals surface area contributed by atoms with Crippen molar-refractivity contribution in [1.82, 2.24) is 19.5 Å². The minimum absolute atomic E-state index is 0.0523. The minimum Gasteiger partial charge on any atom is -0.446 e. The zero-order valence-corrected chi connectivity index (χ0v) is 17.5. The van der Waals surface area contributed by atoms with Crippen molar-refractivity contribution in [3.05, 3.63) is 23.2 Å². The second-order valence-electron chi connectivity index (χ2n) is 8.38. The molecule has 0 spiro atoms. The molecule has 0 aliphatic heterocycles. The third kappa shape index (κ3) is 5.00. The molecule has 3 rings (SSSR count). The molecule has 2 aromatic rings. The van der Waals surface area contributed by atoms with Crippen LogP contribution >= 0.6 is 11.5 Å². The number of hydrogen-bond acceptors (Lipinski definition) is 6. The Morgan fingerprint density at radius 2 is 2.15 bits per heavy atom. The summed E-state index contributed by atoms with van der Waals surface area (Å²) in [4.78, 5) is 11.9. The Balaban J connectivity index is 1.71. The smallest absolute Gasteiger partial charge is 0.407 e. The summed E-state index contributed by atoms with van der Waals surface area (Å²) in [6.45, 7) is 10.2. The van der Waals surface area contributed by atoms with E-state index >= 15 is 0 Å². The van der Waals surface area contributed by atoms with Gasteiger partial charge in [0.05, 0.1) is 11.2 Å². The maximum atomic E-state index is 11.9. The third-order valence-electron chi connectivity index (χ3n) is 4.54. The molecule has 1 fully saturated rings. The topological polar surface area (TPSA) is 81.1 Å². The summed E-state index contributed by atoms with van der Waals surface area (Å²) in [7, 11) is 0. The number of carbonyl (C=O) groups excluding carboxylic acids is 1. The molecule has 1 amide bonds. The first-order valence-corrected chi connectivity index (χ1v) is 10.3. The van der Waals surface area contributed by atoms with Gasteiger partial charge in [-0.15, -0.1) is 0 Å². The normalized spacial score (nSPS) is 20.1. The third-order valence-corrected chi connectivity index (χ3v) is 5.10. The molecule has 0 aromatic carbocycles. The molecule has 0 saturated heterocycles. The Bertz CT molecular complexity index is 764. The van der Waals surface area contributed by atoms with E-state index < -0.39 is 0 Å². The Morgan fingerprint density at radius 1 is 1.37 bits per heavy atom. The summed E-state index contributed by atoms with van der Waals surface area (Å²) in [5, 5.41) is 13.0. The van der Waals surface area contributed by atoms with Gasteiger partial charge in [-0.05, 0) is 71.5 Å². The number of rotatable bonds is 5. The van der Waals surface area contributed by atoms with Crippen molar-refractivity contribution in [2.75, 3.05) is 5.32 Å². The van der Waals surface area contributed by atoms with Gasteiger partial charge in [0.1, 0.15) is 17.7 Å². The zero-order chi connectivity index (χ0) is 19.6. The molecule has 2 heterocycles. The summed E-state index contributed by atoms with van der Waals surface area (Å²) in [6.07, 6.45) is 2.26. The number of anilines is 2. The van der Waals surface area contributed by atoms with Gasteiger partial charge in [-0.1, -0.05) is 0 Å². The zero-order valence-electron chi connectivity index (χ0n) is 16.7. The monoisotopic (exact) mass is 391 g/mol. The second kappa shape index (κ2) is 7.88. The molecular formula is C19H29N5O2S. The standard InChI is InChI=1S/C19H29N5O2S/c1-12(2)20-18(25)26-14-7-6-13(10-14)15-11-17(21-16-8-9-27-23-16)24(22-15)19(3,4)5/h8-9,11-14H,6-7,10H2,1-5H3,(H,20,25)(H,21,23)/t13-,14+/m1/s1. The number of aromatic nitrogens is 3. The maximum absolute atomic E-state index is 11.9. The SMILES string of the molecule is CC(C)NC(=O)O[C@H]1CC[C@@H](c2cc(Nc3ccsn3)n(C(C)(C)C)n2)C1. The van der Waals surface area contributed by atoms with Gasteiger partial charge in [-0.25, -0.2) is 9.48 Å². The average Bonchev–Trinajstić information content (AvgIpc) is 3.26. The number of nitrogens with one attached hydrogen (secondary N) is 2. The number of carbonyl (C=O) groups is 1. The van der Waals surface area contributed by atoms with Crippen molar-refractivity contribution in [3.8, 4) is 0 Å². The van der Waals surface area contributed by atoms with E-state index in [1.165, 1.54) is 11.5 Å². The molecule has 1 aliphatic rings. The lowest BCUT2D eigenvalue weighted by atomic mass is 10.0. The fourth-order valence-corrected chi connectivity index (χ4v) is 3.82. The minimum atomic E-state index is -0.332. The van der Waals surface area contributed by atoms with Crippen molar-refractivity contribution in [1.29, 1.82) is 0 Å². The highest BCUT2D eigenvalue weighted by molar-refractivity contribution is 7.03. The number of nitrogens with zero attached hydrogens (tertiary/aromatic N) is 3. The Kier molecular flexibility index (Phi) is 5.74. The summed E-state index contributed by atoms with van der Waals surface area (Å²) < 4.78 is 11.9. The van der Waals surface area contributed by atoms with Crippen LogP contribution in [0, 0.1) is 0 Å². The molecule has 2 aromatic heterocycles. The molecular weight excluding hydrogens is 362 g/mol. The molecule has 8 heteroatoms. The highest BCUT2D eigenvalue weighted by Gasteiger charge is 2.32. The number of ether oxygens (including phenoxy) is 1. The lowest BCUT2D eigenvalue weighted by Gasteiger charge is -2.22. The highest BCUT2D eigenvalue weighted by Crippen LogP contribution is 2.37. The van der Waals surface area contributed by atoms with Crippen LogP contribution in [-0.2, 0) is 10.3 Å². The summed E-state index contributed by atoms with van der Waals surface area (Å²) in [6, 6.07) is 4.14. The van der Waals surface area contributed by atoms with Crippen molar-refractivity contribution < 1.29 is 9.53 Å². The van der Waals surface area contributed by atoms with Gasteiger partial charge in [0.15, 0.2) is 0 Å². The fourth-order valence-electron chi connectivity index (χ4n) is 3.34. The summed E-state index contributed by atoms with van der Waals surface area (Å²) in [5.74, 6) is 2.06. The van der Waals surface area contributed by atoms with Crippen LogP contribution in [0.1, 0.15) is 65.5 Å². The van der Waals surface area contributed by atoms with Crippen LogP contribution in [0.3, 0.4) is 0 Å². The Labute approximate surface area is 164 Å². The molecule has 0 unspecified atom stereocenters. The molecule has 27 heavy (non-hydrogen) atoms. The van der Waals surface area contributed by atoms with Crippen LogP contribution in [-0.4, -0.2) is 32.4 Å². The van der Waals surface area contributed by atoms with Crippen molar-refractivity contribution in [2.45, 2.75) is 77.5 Å². The molecule has 1 saturated carbocycles. The lowest BCUT2D eigenvalue weighted by Crippen LogP contribution is -2.33. The first-order valence-electron chi connectivity index (χ1n) is 9.47. The number of hydrogen-bond donors (Lipinski definition) is 2. The van der Waals surface area contributed by atoms with Gasteiger partial charge in [-0.2, -0.15) is 9.47 Å². The van der Waals surface area contributed by atoms with E-state index in [1.807, 2.05) is 30.0 Å². The number of amides is 1. The van der Waals surface area contributed by atoms with Crippen LogP contribution < -0.4 is 10.6 Å². The van der Waals surface area contributed by atoms with Gasteiger partial charge in [0.2, 0.25) is 0 Å². The van der Waals surface area contributed by atoms with Crippen LogP contribution in [0.15, 0.2) is 17.5 Å². The predicted octanol–water partition coefficient (Wildman–Crippen LogP) is 4.61. The van der Waals surface area contributed by atoms with Crippen LogP contribution in [0.2, 0.25) is 0 Å². The van der Waals surface area contributed by atoms with E-state index in [-0.39, 0.29) is 23.8 Å². The quantitative estimate of drug-likeness (QED) is 0.778. The highest BCUT2D eigenvalue weighted by atomic mass is 32.1. The average molecular weight is 392 g/mol. The van der Waals surface area contributed by atoms with E-state index in [0.29, 0.717) is 5.92 Å². The number of alkyl carbamates (subject to hydrolysis) is 1. The fraction of sp³-hybridized carbons (Fsp3) is 0.632. The van der Waals surface area contributed by atoms with Crippen LogP contribution in [0.5, 0.6) is 0 Å². The van der Waals surface area contributed by atoms with E-state index in [9.17, 15) is 4.79 Å². The molecule has 0 radical (unpaired) electrons. The Hall–Kier alpha value is -2.09. The van der Waals surface area contributed by atoms with Gasteiger partial charge < -0.3 is 15.4 Å². The first-order chi connectivity index (χ1) is 12.7. The Morgan fingerprint density at radius 3 is 2.78 bits per heavy atom. The molecule has 148 valence electrons. The first kappa shape index (κ1) is 19.7. The lowest BCUT2D eigenvalue weighted by molar-refractivity contribution is 0.0981. The van der Waals surface area contributed by atoms with Gasteiger partial charge in [0.25, 0.3) is 0 Å². The van der Waals surface area contributed by atoms with Crippen LogP contribution in [0.4, 0.5) is 16.4 Å². The molecule has 2 atom stereocenters. The molecule has 7 nitrogen and oxygen atoms in total. The molecule has 2 N–H and O–H groups in total. The van der Waals surface area contributed by atoms with Gasteiger partial charge >= 0.3 is 6.09 Å². The van der Waals surface area contributed by atoms with Crippen molar-refractivity contribution in [3.63, 3.8) is 0 Å². The van der Waals surface area contributed by atoms with E-state index in [0.717, 1.165) is 36.6 Å². The van der Waals surface area contributed by atoms with Gasteiger partial charge in [0, 0.05) is 23.4 Å². The maximum Gasteiger partial charge on any atom is 0.407 e. The summed E-state index contributed by atoms with van der Waals surface area (Å²) in [5.41, 5.74) is 0.889.